The van der Waals surface area contributed by atoms with E-state index in [0.29, 0.717) is 5.56 Å². The number of ketones is 1. The van der Waals surface area contributed by atoms with E-state index in [4.69, 9.17) is 0 Å². The summed E-state index contributed by atoms with van der Waals surface area (Å²) < 4.78 is 0. The topological polar surface area (TPSA) is 57.5 Å². The van der Waals surface area contributed by atoms with E-state index in [9.17, 15) is 15.0 Å². The predicted octanol–water partition coefficient (Wildman–Crippen LogP) is 4.00. The summed E-state index contributed by atoms with van der Waals surface area (Å²) in [5.74, 6) is -1.01. The molecule has 3 aromatic rings. The van der Waals surface area contributed by atoms with E-state index in [1.165, 1.54) is 18.2 Å². The number of aromatic hydroxyl groups is 2. The molecule has 0 bridgehead atoms. The molecule has 0 saturated heterocycles. The minimum Gasteiger partial charge on any atom is -0.504 e. The average molecular weight is 290 g/mol. The van der Waals surface area contributed by atoms with Crippen molar-refractivity contribution in [3.05, 3.63) is 83.9 Å². The van der Waals surface area contributed by atoms with Crippen molar-refractivity contribution < 1.29 is 15.0 Å². The molecular weight excluding hydrogens is 276 g/mol. The fourth-order valence-corrected chi connectivity index (χ4v) is 2.31. The Morgan fingerprint density at radius 3 is 2.00 bits per heavy atom. The number of hydrogen-bond donors (Lipinski definition) is 2. The monoisotopic (exact) mass is 290 g/mol. The van der Waals surface area contributed by atoms with Crippen molar-refractivity contribution >= 4 is 5.78 Å². The second-order valence-electron chi connectivity index (χ2n) is 4.95. The van der Waals surface area contributed by atoms with Gasteiger partial charge in [0, 0.05) is 5.56 Å². The van der Waals surface area contributed by atoms with Crippen LogP contribution in [0.3, 0.4) is 0 Å². The Morgan fingerprint density at radius 2 is 1.32 bits per heavy atom. The molecule has 108 valence electrons. The molecule has 0 saturated carbocycles. The van der Waals surface area contributed by atoms with Crippen LogP contribution in [-0.4, -0.2) is 16.0 Å². The second-order valence-corrected chi connectivity index (χ2v) is 4.95. The lowest BCUT2D eigenvalue weighted by molar-refractivity contribution is 0.103. The van der Waals surface area contributed by atoms with Gasteiger partial charge in [-0.1, -0.05) is 60.7 Å². The highest BCUT2D eigenvalue weighted by Gasteiger charge is 2.15. The van der Waals surface area contributed by atoms with Gasteiger partial charge in [-0.25, -0.2) is 0 Å². The molecule has 3 rings (SSSR count). The van der Waals surface area contributed by atoms with E-state index in [0.717, 1.165) is 11.1 Å². The van der Waals surface area contributed by atoms with Crippen LogP contribution in [0.15, 0.2) is 72.8 Å². The highest BCUT2D eigenvalue weighted by atomic mass is 16.3. The largest absolute Gasteiger partial charge is 0.504 e. The predicted molar refractivity (Wildman–Crippen MR) is 85.1 cm³/mol. The Hall–Kier alpha value is -3.07. The quantitative estimate of drug-likeness (QED) is 0.566. The molecule has 0 unspecified atom stereocenters. The van der Waals surface area contributed by atoms with Gasteiger partial charge in [0.05, 0.1) is 5.56 Å². The zero-order chi connectivity index (χ0) is 15.5. The number of phenolic OH excluding ortho intramolecular Hbond substituents is 2. The summed E-state index contributed by atoms with van der Waals surface area (Å²) in [7, 11) is 0. The van der Waals surface area contributed by atoms with Gasteiger partial charge in [-0.3, -0.25) is 4.79 Å². The van der Waals surface area contributed by atoms with E-state index in [-0.39, 0.29) is 22.8 Å². The lowest BCUT2D eigenvalue weighted by Crippen LogP contribution is -2.01. The maximum absolute atomic E-state index is 12.4. The Labute approximate surface area is 128 Å². The lowest BCUT2D eigenvalue weighted by atomic mass is 9.99. The van der Waals surface area contributed by atoms with Crippen LogP contribution in [0.2, 0.25) is 0 Å². The van der Waals surface area contributed by atoms with Crippen molar-refractivity contribution in [3.63, 3.8) is 0 Å². The van der Waals surface area contributed by atoms with Gasteiger partial charge >= 0.3 is 0 Å². The molecule has 0 aliphatic rings. The van der Waals surface area contributed by atoms with Gasteiger partial charge in [0.15, 0.2) is 17.3 Å². The van der Waals surface area contributed by atoms with Crippen LogP contribution in [0.5, 0.6) is 11.5 Å². The highest BCUT2D eigenvalue weighted by Crippen LogP contribution is 2.30. The first-order valence-corrected chi connectivity index (χ1v) is 6.88. The van der Waals surface area contributed by atoms with Gasteiger partial charge in [-0.05, 0) is 23.3 Å². The number of benzene rings is 3. The standard InChI is InChI=1S/C19H14O3/c20-17-8-4-7-16(19(17)22)18(21)15-11-9-14(10-12-15)13-5-2-1-3-6-13/h1-12,20,22H. The van der Waals surface area contributed by atoms with Crippen molar-refractivity contribution in [1.29, 1.82) is 0 Å². The number of para-hydroxylation sites is 1. The molecule has 0 aromatic heterocycles. The Bertz CT molecular complexity index is 806. The Morgan fingerprint density at radius 1 is 0.682 bits per heavy atom. The first kappa shape index (κ1) is 13.9. The normalized spacial score (nSPS) is 10.4. The molecule has 0 fully saturated rings. The maximum Gasteiger partial charge on any atom is 0.196 e. The molecule has 0 aliphatic carbocycles. The van der Waals surface area contributed by atoms with Crippen LogP contribution in [0, 0.1) is 0 Å². The first-order valence-electron chi connectivity index (χ1n) is 6.88. The molecule has 22 heavy (non-hydrogen) atoms. The van der Waals surface area contributed by atoms with Crippen molar-refractivity contribution in [2.24, 2.45) is 0 Å². The minimum atomic E-state index is -0.389. The van der Waals surface area contributed by atoms with E-state index in [1.807, 2.05) is 42.5 Å². The van der Waals surface area contributed by atoms with Gasteiger partial charge in [0.25, 0.3) is 0 Å². The summed E-state index contributed by atoms with van der Waals surface area (Å²) in [6.45, 7) is 0. The third kappa shape index (κ3) is 2.56. The molecular formula is C19H14O3. The third-order valence-electron chi connectivity index (χ3n) is 3.51. The molecule has 0 aliphatic heterocycles. The van der Waals surface area contributed by atoms with Crippen LogP contribution in [0.4, 0.5) is 0 Å². The number of rotatable bonds is 3. The highest BCUT2D eigenvalue weighted by molar-refractivity contribution is 6.11. The number of phenols is 2. The fourth-order valence-electron chi connectivity index (χ4n) is 2.31. The van der Waals surface area contributed by atoms with Crippen molar-refractivity contribution in [2.75, 3.05) is 0 Å². The summed E-state index contributed by atoms with van der Waals surface area (Å²) >= 11 is 0. The zero-order valence-electron chi connectivity index (χ0n) is 11.7. The Balaban J connectivity index is 1.93. The van der Waals surface area contributed by atoms with Crippen molar-refractivity contribution in [1.82, 2.24) is 0 Å². The van der Waals surface area contributed by atoms with Gasteiger partial charge in [0.2, 0.25) is 0 Å². The van der Waals surface area contributed by atoms with E-state index < -0.39 is 0 Å². The summed E-state index contributed by atoms with van der Waals surface area (Å²) in [5.41, 5.74) is 2.63. The number of carbonyl (C=O) groups is 1. The zero-order valence-corrected chi connectivity index (χ0v) is 11.7. The first-order chi connectivity index (χ1) is 10.7. The van der Waals surface area contributed by atoms with Crippen molar-refractivity contribution in [2.45, 2.75) is 0 Å². The fraction of sp³-hybridized carbons (Fsp3) is 0. The summed E-state index contributed by atoms with van der Waals surface area (Å²) in [5, 5.41) is 19.3. The van der Waals surface area contributed by atoms with Crippen LogP contribution in [-0.2, 0) is 0 Å². The van der Waals surface area contributed by atoms with Gasteiger partial charge in [-0.15, -0.1) is 0 Å². The van der Waals surface area contributed by atoms with Gasteiger partial charge in [-0.2, -0.15) is 0 Å². The summed E-state index contributed by atoms with van der Waals surface area (Å²) in [4.78, 5) is 12.4. The van der Waals surface area contributed by atoms with Gasteiger partial charge in [0.1, 0.15) is 0 Å². The maximum atomic E-state index is 12.4. The molecule has 3 nitrogen and oxygen atoms in total. The lowest BCUT2D eigenvalue weighted by Gasteiger charge is -2.06. The van der Waals surface area contributed by atoms with E-state index >= 15 is 0 Å². The van der Waals surface area contributed by atoms with Crippen LogP contribution >= 0.6 is 0 Å². The molecule has 0 radical (unpaired) electrons. The molecule has 0 heterocycles. The van der Waals surface area contributed by atoms with Crippen LogP contribution in [0.25, 0.3) is 11.1 Å². The Kier molecular flexibility index (Phi) is 3.62. The molecule has 3 aromatic carbocycles. The van der Waals surface area contributed by atoms with Crippen LogP contribution < -0.4 is 0 Å². The summed E-state index contributed by atoms with van der Waals surface area (Å²) in [6, 6.07) is 21.4. The molecule has 3 heteroatoms. The number of hydrogen-bond acceptors (Lipinski definition) is 3. The van der Waals surface area contributed by atoms with Gasteiger partial charge < -0.3 is 10.2 Å². The average Bonchev–Trinajstić information content (AvgIpc) is 2.58. The minimum absolute atomic E-state index is 0.0902. The third-order valence-corrected chi connectivity index (χ3v) is 3.51. The van der Waals surface area contributed by atoms with E-state index in [1.54, 1.807) is 12.1 Å². The van der Waals surface area contributed by atoms with Crippen LogP contribution in [0.1, 0.15) is 15.9 Å². The SMILES string of the molecule is O=C(c1ccc(-c2ccccc2)cc1)c1cccc(O)c1O. The summed E-state index contributed by atoms with van der Waals surface area (Å²) in [6.07, 6.45) is 0. The molecule has 0 amide bonds. The van der Waals surface area contributed by atoms with E-state index in [2.05, 4.69) is 0 Å². The smallest absolute Gasteiger partial charge is 0.196 e. The molecule has 0 atom stereocenters. The second kappa shape index (κ2) is 5.74. The number of carbonyl (C=O) groups excluding carboxylic acids is 1. The van der Waals surface area contributed by atoms with Crippen molar-refractivity contribution in [3.8, 4) is 22.6 Å². The molecule has 0 spiro atoms. The molecule has 2 N–H and O–H groups in total.